The van der Waals surface area contributed by atoms with Gasteiger partial charge in [0.1, 0.15) is 5.82 Å². The Bertz CT molecular complexity index is 372. The lowest BCUT2D eigenvalue weighted by Gasteiger charge is -2.27. The summed E-state index contributed by atoms with van der Waals surface area (Å²) in [5, 5.41) is 3.39. The fourth-order valence-electron chi connectivity index (χ4n) is 2.27. The lowest BCUT2D eigenvalue weighted by Crippen LogP contribution is -2.31. The highest BCUT2D eigenvalue weighted by molar-refractivity contribution is 5.43. The summed E-state index contributed by atoms with van der Waals surface area (Å²) in [6.45, 7) is 7.42. The molecule has 0 unspecified atom stereocenters. The number of hydrogen-bond acceptors (Lipinski definition) is 4. The molecule has 1 aromatic heterocycles. The van der Waals surface area contributed by atoms with Crippen molar-refractivity contribution >= 4 is 11.8 Å². The topological polar surface area (TPSA) is 41.1 Å². The van der Waals surface area contributed by atoms with Gasteiger partial charge in [-0.15, -0.1) is 0 Å². The molecule has 0 atom stereocenters. The number of unbranched alkanes of at least 4 members (excludes halogenated alkanes) is 1. The first-order chi connectivity index (χ1) is 8.79. The first-order valence-corrected chi connectivity index (χ1v) is 7.14. The van der Waals surface area contributed by atoms with Crippen LogP contribution in [-0.4, -0.2) is 29.6 Å². The molecule has 1 fully saturated rings. The first kappa shape index (κ1) is 13.1. The molecule has 0 saturated carbocycles. The Morgan fingerprint density at radius 3 is 2.72 bits per heavy atom. The molecule has 4 nitrogen and oxygen atoms in total. The second kappa shape index (κ2) is 6.57. The van der Waals surface area contributed by atoms with Gasteiger partial charge in [0.15, 0.2) is 0 Å². The average Bonchev–Trinajstić information content (AvgIpc) is 2.39. The van der Waals surface area contributed by atoms with Crippen LogP contribution < -0.4 is 10.2 Å². The summed E-state index contributed by atoms with van der Waals surface area (Å²) in [4.78, 5) is 11.5. The van der Waals surface area contributed by atoms with Gasteiger partial charge in [0.05, 0.1) is 0 Å². The maximum atomic E-state index is 4.63. The number of aryl methyl sites for hydroxylation is 1. The molecule has 0 amide bonds. The van der Waals surface area contributed by atoms with E-state index in [1.54, 1.807) is 0 Å². The Hall–Kier alpha value is -1.32. The number of rotatable bonds is 5. The Balaban J connectivity index is 2.05. The van der Waals surface area contributed by atoms with Crippen LogP contribution in [0.2, 0.25) is 0 Å². The predicted octanol–water partition coefficient (Wildman–Crippen LogP) is 2.99. The molecule has 1 aliphatic heterocycles. The minimum absolute atomic E-state index is 0.897. The molecule has 1 saturated heterocycles. The quantitative estimate of drug-likeness (QED) is 0.813. The molecular formula is C14H24N4. The van der Waals surface area contributed by atoms with Crippen molar-refractivity contribution in [2.45, 2.75) is 46.0 Å². The van der Waals surface area contributed by atoms with Gasteiger partial charge in [-0.25, -0.2) is 4.98 Å². The van der Waals surface area contributed by atoms with E-state index in [2.05, 4.69) is 27.1 Å². The van der Waals surface area contributed by atoms with Gasteiger partial charge in [-0.1, -0.05) is 13.3 Å². The van der Waals surface area contributed by atoms with E-state index in [9.17, 15) is 0 Å². The Kier molecular flexibility index (Phi) is 4.79. The zero-order chi connectivity index (χ0) is 12.8. The van der Waals surface area contributed by atoms with Gasteiger partial charge in [-0.2, -0.15) is 4.98 Å². The van der Waals surface area contributed by atoms with Gasteiger partial charge in [0.25, 0.3) is 0 Å². The third kappa shape index (κ3) is 3.59. The van der Waals surface area contributed by atoms with Crippen molar-refractivity contribution < 1.29 is 0 Å². The summed E-state index contributed by atoms with van der Waals surface area (Å²) in [7, 11) is 0. The smallest absolute Gasteiger partial charge is 0.227 e. The molecule has 0 spiro atoms. The van der Waals surface area contributed by atoms with Gasteiger partial charge >= 0.3 is 0 Å². The van der Waals surface area contributed by atoms with E-state index >= 15 is 0 Å². The summed E-state index contributed by atoms with van der Waals surface area (Å²) in [5.41, 5.74) is 1.05. The van der Waals surface area contributed by atoms with Crippen LogP contribution in [0.3, 0.4) is 0 Å². The molecule has 1 aliphatic rings. The van der Waals surface area contributed by atoms with Gasteiger partial charge in [0, 0.05) is 31.4 Å². The lowest BCUT2D eigenvalue weighted by molar-refractivity contribution is 0.568. The second-order valence-corrected chi connectivity index (χ2v) is 5.02. The number of piperidine rings is 1. The Labute approximate surface area is 110 Å². The predicted molar refractivity (Wildman–Crippen MR) is 76.2 cm³/mol. The number of nitrogens with zero attached hydrogens (tertiary/aromatic N) is 3. The van der Waals surface area contributed by atoms with E-state index in [0.717, 1.165) is 37.1 Å². The average molecular weight is 248 g/mol. The van der Waals surface area contributed by atoms with Crippen LogP contribution >= 0.6 is 0 Å². The highest BCUT2D eigenvalue weighted by Gasteiger charge is 2.14. The molecule has 0 aliphatic carbocycles. The van der Waals surface area contributed by atoms with Gasteiger partial charge in [-0.3, -0.25) is 0 Å². The molecule has 100 valence electrons. The van der Waals surface area contributed by atoms with Crippen LogP contribution in [0.1, 0.15) is 44.7 Å². The van der Waals surface area contributed by atoms with Crippen LogP contribution in [0.15, 0.2) is 6.07 Å². The largest absolute Gasteiger partial charge is 0.370 e. The van der Waals surface area contributed by atoms with Crippen molar-refractivity contribution in [1.82, 2.24) is 9.97 Å². The number of aromatic nitrogens is 2. The zero-order valence-corrected chi connectivity index (χ0v) is 11.6. The van der Waals surface area contributed by atoms with Crippen molar-refractivity contribution in [1.29, 1.82) is 0 Å². The lowest BCUT2D eigenvalue weighted by atomic mass is 10.1. The Morgan fingerprint density at radius 2 is 2.00 bits per heavy atom. The molecule has 0 aromatic carbocycles. The van der Waals surface area contributed by atoms with E-state index < -0.39 is 0 Å². The molecule has 2 rings (SSSR count). The summed E-state index contributed by atoms with van der Waals surface area (Å²) in [5.74, 6) is 1.87. The fraction of sp³-hybridized carbons (Fsp3) is 0.714. The van der Waals surface area contributed by atoms with E-state index in [-0.39, 0.29) is 0 Å². The number of anilines is 2. The molecule has 4 heteroatoms. The van der Waals surface area contributed by atoms with E-state index in [0.29, 0.717) is 0 Å². The van der Waals surface area contributed by atoms with Crippen molar-refractivity contribution in [3.8, 4) is 0 Å². The highest BCUT2D eigenvalue weighted by Crippen LogP contribution is 2.18. The number of nitrogens with one attached hydrogen (secondary N) is 1. The van der Waals surface area contributed by atoms with Crippen molar-refractivity contribution in [3.05, 3.63) is 11.8 Å². The zero-order valence-electron chi connectivity index (χ0n) is 11.6. The van der Waals surface area contributed by atoms with Crippen LogP contribution in [0, 0.1) is 6.92 Å². The molecule has 0 bridgehead atoms. The molecule has 1 aromatic rings. The standard InChI is InChI=1S/C14H24N4/c1-3-4-8-15-13-11-12(2)16-14(17-13)18-9-6-5-7-10-18/h11H,3-10H2,1-2H3,(H,15,16,17). The molecule has 1 N–H and O–H groups in total. The van der Waals surface area contributed by atoms with Crippen LogP contribution in [-0.2, 0) is 0 Å². The third-order valence-electron chi connectivity index (χ3n) is 3.32. The summed E-state index contributed by atoms with van der Waals surface area (Å²) in [6.07, 6.45) is 6.24. The minimum atomic E-state index is 0.897. The third-order valence-corrected chi connectivity index (χ3v) is 3.32. The van der Waals surface area contributed by atoms with Crippen LogP contribution in [0.5, 0.6) is 0 Å². The minimum Gasteiger partial charge on any atom is -0.370 e. The normalized spacial score (nSPS) is 15.8. The highest BCUT2D eigenvalue weighted by atomic mass is 15.3. The molecule has 18 heavy (non-hydrogen) atoms. The summed E-state index contributed by atoms with van der Waals surface area (Å²) < 4.78 is 0. The first-order valence-electron chi connectivity index (χ1n) is 7.14. The van der Waals surface area contributed by atoms with E-state index in [1.165, 1.54) is 32.1 Å². The van der Waals surface area contributed by atoms with Gasteiger partial charge < -0.3 is 10.2 Å². The van der Waals surface area contributed by atoms with Crippen LogP contribution in [0.4, 0.5) is 11.8 Å². The van der Waals surface area contributed by atoms with Crippen molar-refractivity contribution in [3.63, 3.8) is 0 Å². The van der Waals surface area contributed by atoms with Crippen LogP contribution in [0.25, 0.3) is 0 Å². The molecular weight excluding hydrogens is 224 g/mol. The van der Waals surface area contributed by atoms with E-state index in [4.69, 9.17) is 0 Å². The SMILES string of the molecule is CCCCNc1cc(C)nc(N2CCCCC2)n1. The Morgan fingerprint density at radius 1 is 1.22 bits per heavy atom. The maximum absolute atomic E-state index is 4.63. The van der Waals surface area contributed by atoms with Gasteiger partial charge in [-0.05, 0) is 32.6 Å². The second-order valence-electron chi connectivity index (χ2n) is 5.02. The van der Waals surface area contributed by atoms with Crippen molar-refractivity contribution in [2.75, 3.05) is 29.9 Å². The van der Waals surface area contributed by atoms with Gasteiger partial charge in [0.2, 0.25) is 5.95 Å². The maximum Gasteiger partial charge on any atom is 0.227 e. The monoisotopic (exact) mass is 248 g/mol. The number of hydrogen-bond donors (Lipinski definition) is 1. The van der Waals surface area contributed by atoms with Crippen molar-refractivity contribution in [2.24, 2.45) is 0 Å². The fourth-order valence-corrected chi connectivity index (χ4v) is 2.27. The molecule has 2 heterocycles. The summed E-state index contributed by atoms with van der Waals surface area (Å²) in [6, 6.07) is 2.03. The van der Waals surface area contributed by atoms with E-state index in [1.807, 2.05) is 13.0 Å². The summed E-state index contributed by atoms with van der Waals surface area (Å²) >= 11 is 0. The molecule has 0 radical (unpaired) electrons.